The van der Waals surface area contributed by atoms with Gasteiger partial charge in [0.25, 0.3) is 15.3 Å². The second-order valence-corrected chi connectivity index (χ2v) is 6.30. The van der Waals surface area contributed by atoms with E-state index in [1.54, 1.807) is 13.0 Å². The number of allylic oxidation sites excluding steroid dienone is 2. The molecule has 1 aromatic rings. The second-order valence-electron chi connectivity index (χ2n) is 5.42. The van der Waals surface area contributed by atoms with Crippen LogP contribution >= 0.6 is 0 Å². The Morgan fingerprint density at radius 2 is 1.86 bits per heavy atom. The molecule has 1 aliphatic rings. The minimum atomic E-state index is -2.51. The standard InChI is InChI=1S/C16H19NO3S/c1-10-5-6-14(11(2)9-10)12(3)15-7-8-17(18)16(13(15)4)21(19)20/h5-9,12,17H,1-4H3. The van der Waals surface area contributed by atoms with E-state index in [1.807, 2.05) is 26.8 Å². The summed E-state index contributed by atoms with van der Waals surface area (Å²) in [6.45, 7) is 7.81. The van der Waals surface area contributed by atoms with Crippen molar-refractivity contribution in [3.63, 3.8) is 0 Å². The summed E-state index contributed by atoms with van der Waals surface area (Å²) in [7, 11) is -2.51. The number of quaternary nitrogens is 1. The molecule has 0 bridgehead atoms. The van der Waals surface area contributed by atoms with Gasteiger partial charge in [-0.3, -0.25) is 0 Å². The van der Waals surface area contributed by atoms with Gasteiger partial charge >= 0.3 is 0 Å². The van der Waals surface area contributed by atoms with Crippen LogP contribution in [-0.4, -0.2) is 13.4 Å². The fourth-order valence-corrected chi connectivity index (χ4v) is 3.44. The number of hydrogen-bond donors (Lipinski definition) is 1. The minimum Gasteiger partial charge on any atom is -0.623 e. The summed E-state index contributed by atoms with van der Waals surface area (Å²) in [6.07, 6.45) is 3.07. The molecule has 1 N–H and O–H groups in total. The van der Waals surface area contributed by atoms with Gasteiger partial charge in [-0.1, -0.05) is 30.7 Å². The summed E-state index contributed by atoms with van der Waals surface area (Å²) < 4.78 is 22.5. The molecule has 21 heavy (non-hydrogen) atoms. The fourth-order valence-electron chi connectivity index (χ4n) is 2.84. The largest absolute Gasteiger partial charge is 0.623 e. The van der Waals surface area contributed by atoms with Crippen LogP contribution < -0.4 is 5.06 Å². The summed E-state index contributed by atoms with van der Waals surface area (Å²) in [5.74, 6) is 0.0356. The van der Waals surface area contributed by atoms with Crippen molar-refractivity contribution in [3.05, 3.63) is 63.5 Å². The smallest absolute Gasteiger partial charge is 0.277 e. The lowest BCUT2D eigenvalue weighted by molar-refractivity contribution is -0.680. The van der Waals surface area contributed by atoms with Crippen LogP contribution in [0.15, 0.2) is 41.6 Å². The van der Waals surface area contributed by atoms with Gasteiger partial charge < -0.3 is 10.3 Å². The highest BCUT2D eigenvalue weighted by Crippen LogP contribution is 2.30. The van der Waals surface area contributed by atoms with Gasteiger partial charge in [-0.05, 0) is 43.5 Å². The lowest BCUT2D eigenvalue weighted by atomic mass is 9.86. The first-order valence-electron chi connectivity index (χ1n) is 6.79. The van der Waals surface area contributed by atoms with Gasteiger partial charge in [-0.15, -0.1) is 0 Å². The molecule has 2 rings (SSSR count). The molecule has 1 heterocycles. The van der Waals surface area contributed by atoms with Crippen molar-refractivity contribution in [2.45, 2.75) is 33.6 Å². The SMILES string of the molecule is CC1=C(C(C)c2ccc(C)cc2C)C=C[NH+]([O-])C1=S(=O)=O. The topological polar surface area (TPSA) is 61.6 Å². The molecule has 2 unspecified atom stereocenters. The third-order valence-electron chi connectivity index (χ3n) is 3.94. The van der Waals surface area contributed by atoms with E-state index in [0.29, 0.717) is 5.57 Å². The number of hydroxylamine groups is 2. The molecule has 0 radical (unpaired) electrons. The molecule has 112 valence electrons. The predicted octanol–water partition coefficient (Wildman–Crippen LogP) is 1.64. The van der Waals surface area contributed by atoms with Gasteiger partial charge in [0.2, 0.25) is 0 Å². The first-order valence-corrected chi connectivity index (χ1v) is 7.87. The van der Waals surface area contributed by atoms with E-state index in [1.165, 1.54) is 11.8 Å². The molecule has 0 aromatic heterocycles. The number of hydrogen-bond acceptors (Lipinski definition) is 3. The number of aryl methyl sites for hydroxylation is 2. The average molecular weight is 305 g/mol. The molecule has 0 saturated carbocycles. The average Bonchev–Trinajstić information content (AvgIpc) is 2.37. The quantitative estimate of drug-likeness (QED) is 0.667. The van der Waals surface area contributed by atoms with E-state index in [2.05, 4.69) is 12.1 Å². The Hall–Kier alpha value is -1.69. The molecule has 2 atom stereocenters. The molecule has 0 spiro atoms. The highest BCUT2D eigenvalue weighted by Gasteiger charge is 2.24. The third kappa shape index (κ3) is 3.00. The maximum Gasteiger partial charge on any atom is 0.277 e. The summed E-state index contributed by atoms with van der Waals surface area (Å²) in [5, 5.41) is 11.3. The normalized spacial score (nSPS) is 19.9. The monoisotopic (exact) mass is 305 g/mol. The summed E-state index contributed by atoms with van der Waals surface area (Å²) >= 11 is 0. The highest BCUT2D eigenvalue weighted by molar-refractivity contribution is 7.72. The number of nitrogens with one attached hydrogen (secondary N) is 1. The Labute approximate surface area is 126 Å². The van der Waals surface area contributed by atoms with Crippen molar-refractivity contribution in [1.29, 1.82) is 0 Å². The zero-order chi connectivity index (χ0) is 15.7. The van der Waals surface area contributed by atoms with Crippen molar-refractivity contribution >= 4 is 15.3 Å². The van der Waals surface area contributed by atoms with Crippen LogP contribution in [0.5, 0.6) is 0 Å². The van der Waals surface area contributed by atoms with Crippen LogP contribution in [0.1, 0.15) is 36.5 Å². The molecule has 0 aliphatic carbocycles. The van der Waals surface area contributed by atoms with Crippen LogP contribution in [-0.2, 0) is 10.3 Å². The van der Waals surface area contributed by atoms with Crippen LogP contribution in [0.2, 0.25) is 0 Å². The van der Waals surface area contributed by atoms with Crippen LogP contribution in [0.4, 0.5) is 0 Å². The Kier molecular flexibility index (Phi) is 4.46. The zero-order valence-electron chi connectivity index (χ0n) is 12.6. The van der Waals surface area contributed by atoms with E-state index in [4.69, 9.17) is 0 Å². The van der Waals surface area contributed by atoms with E-state index >= 15 is 0 Å². The van der Waals surface area contributed by atoms with E-state index in [9.17, 15) is 13.6 Å². The van der Waals surface area contributed by atoms with Gasteiger partial charge in [-0.2, -0.15) is 8.42 Å². The molecule has 5 heteroatoms. The molecule has 4 nitrogen and oxygen atoms in total. The van der Waals surface area contributed by atoms with Gasteiger partial charge in [0.1, 0.15) is 6.20 Å². The Bertz CT molecular complexity index is 765. The molecular formula is C16H19NO3S. The molecule has 0 amide bonds. The molecule has 0 saturated heterocycles. The van der Waals surface area contributed by atoms with Crippen molar-refractivity contribution in [2.75, 3.05) is 0 Å². The summed E-state index contributed by atoms with van der Waals surface area (Å²) in [6, 6.07) is 6.21. The lowest BCUT2D eigenvalue weighted by Crippen LogP contribution is -3.06. The molecule has 1 aliphatic heterocycles. The van der Waals surface area contributed by atoms with Crippen molar-refractivity contribution < 1.29 is 13.5 Å². The number of rotatable bonds is 2. The number of benzene rings is 1. The van der Waals surface area contributed by atoms with Crippen molar-refractivity contribution in [1.82, 2.24) is 0 Å². The van der Waals surface area contributed by atoms with Crippen LogP contribution in [0.3, 0.4) is 0 Å². The first-order chi connectivity index (χ1) is 9.82. The van der Waals surface area contributed by atoms with E-state index in [-0.39, 0.29) is 10.9 Å². The Morgan fingerprint density at radius 1 is 1.19 bits per heavy atom. The maximum absolute atomic E-state index is 11.7. The lowest BCUT2D eigenvalue weighted by Gasteiger charge is -2.26. The van der Waals surface area contributed by atoms with Gasteiger partial charge in [0, 0.05) is 11.5 Å². The zero-order valence-corrected chi connectivity index (χ0v) is 13.4. The molecule has 0 fully saturated rings. The van der Waals surface area contributed by atoms with E-state index in [0.717, 1.165) is 16.7 Å². The maximum atomic E-state index is 11.7. The Morgan fingerprint density at radius 3 is 2.43 bits per heavy atom. The third-order valence-corrected chi connectivity index (χ3v) is 4.78. The minimum absolute atomic E-state index is 0.0356. The second kappa shape index (κ2) is 5.97. The van der Waals surface area contributed by atoms with Crippen LogP contribution in [0.25, 0.3) is 0 Å². The molecular weight excluding hydrogens is 286 g/mol. The van der Waals surface area contributed by atoms with Crippen molar-refractivity contribution in [2.24, 2.45) is 0 Å². The highest BCUT2D eigenvalue weighted by atomic mass is 32.2. The predicted molar refractivity (Wildman–Crippen MR) is 84.4 cm³/mol. The molecule has 1 aromatic carbocycles. The van der Waals surface area contributed by atoms with E-state index < -0.39 is 15.4 Å². The Balaban J connectivity index is 2.55. The van der Waals surface area contributed by atoms with Crippen LogP contribution in [0, 0.1) is 19.1 Å². The van der Waals surface area contributed by atoms with Gasteiger partial charge in [0.05, 0.1) is 0 Å². The van der Waals surface area contributed by atoms with Gasteiger partial charge in [-0.25, -0.2) is 0 Å². The van der Waals surface area contributed by atoms with Crippen molar-refractivity contribution in [3.8, 4) is 0 Å². The van der Waals surface area contributed by atoms with Gasteiger partial charge in [0.15, 0.2) is 0 Å². The summed E-state index contributed by atoms with van der Waals surface area (Å²) in [5.41, 5.74) is 4.92. The first kappa shape index (κ1) is 15.7. The summed E-state index contributed by atoms with van der Waals surface area (Å²) in [4.78, 5) is -0.121. The fraction of sp³-hybridized carbons (Fsp3) is 0.312.